The molecule has 1 saturated carbocycles. The first-order valence-electron chi connectivity index (χ1n) is 10.2. The van der Waals surface area contributed by atoms with Crippen molar-refractivity contribution >= 4 is 11.7 Å². The Bertz CT molecular complexity index is 887. The summed E-state index contributed by atoms with van der Waals surface area (Å²) in [6.45, 7) is 0. The van der Waals surface area contributed by atoms with Gasteiger partial charge < -0.3 is 10.6 Å². The molecule has 1 amide bonds. The molecule has 154 valence electrons. The van der Waals surface area contributed by atoms with Gasteiger partial charge in [-0.3, -0.25) is 4.79 Å². The lowest BCUT2D eigenvalue weighted by atomic mass is 9.90. The zero-order chi connectivity index (χ0) is 20.4. The predicted octanol–water partition coefficient (Wildman–Crippen LogP) is 4.53. The van der Waals surface area contributed by atoms with Crippen LogP contribution >= 0.6 is 0 Å². The molecule has 1 fully saturated rings. The summed E-state index contributed by atoms with van der Waals surface area (Å²) in [6, 6.07) is 5.85. The molecule has 2 aromatic rings. The zero-order valence-electron chi connectivity index (χ0n) is 16.1. The standard InChI is InChI=1S/C22H24F3N3O/c23-17-11-14(12-18(24)21(17)25)22(29)27-16-8-6-15(7-9-16)26-20-10-5-13-3-1-2-4-19(13)28-20/h5,10-12,15-16H,1-4,6-9H2,(H,26,28)(H,27,29). The number of hydrogen-bond donors (Lipinski definition) is 2. The smallest absolute Gasteiger partial charge is 0.251 e. The highest BCUT2D eigenvalue weighted by atomic mass is 19.2. The number of benzene rings is 1. The lowest BCUT2D eigenvalue weighted by Gasteiger charge is -2.30. The van der Waals surface area contributed by atoms with E-state index in [0.29, 0.717) is 0 Å². The van der Waals surface area contributed by atoms with Gasteiger partial charge in [0.25, 0.3) is 5.91 Å². The number of aromatic nitrogens is 1. The molecule has 0 atom stereocenters. The van der Waals surface area contributed by atoms with Crippen molar-refractivity contribution in [1.29, 1.82) is 0 Å². The van der Waals surface area contributed by atoms with E-state index in [4.69, 9.17) is 4.98 Å². The van der Waals surface area contributed by atoms with Gasteiger partial charge in [-0.2, -0.15) is 0 Å². The van der Waals surface area contributed by atoms with Crippen LogP contribution in [0.1, 0.15) is 60.1 Å². The van der Waals surface area contributed by atoms with Crippen LogP contribution in [0.5, 0.6) is 0 Å². The summed E-state index contributed by atoms with van der Waals surface area (Å²) in [4.78, 5) is 17.0. The van der Waals surface area contributed by atoms with E-state index in [1.54, 1.807) is 0 Å². The number of rotatable bonds is 4. The Kier molecular flexibility index (Phi) is 5.74. The summed E-state index contributed by atoms with van der Waals surface area (Å²) in [6.07, 6.45) is 7.78. The van der Waals surface area contributed by atoms with E-state index in [1.165, 1.54) is 24.1 Å². The molecule has 0 aliphatic heterocycles. The van der Waals surface area contributed by atoms with Gasteiger partial charge in [0.2, 0.25) is 0 Å². The topological polar surface area (TPSA) is 54.0 Å². The quantitative estimate of drug-likeness (QED) is 0.738. The van der Waals surface area contributed by atoms with E-state index in [-0.39, 0.29) is 17.6 Å². The normalized spacial score (nSPS) is 21.3. The second-order valence-electron chi connectivity index (χ2n) is 7.93. The van der Waals surface area contributed by atoms with E-state index >= 15 is 0 Å². The van der Waals surface area contributed by atoms with Gasteiger partial charge in [0.05, 0.1) is 0 Å². The molecule has 29 heavy (non-hydrogen) atoms. The number of halogens is 3. The van der Waals surface area contributed by atoms with Gasteiger partial charge in [0, 0.05) is 23.3 Å². The SMILES string of the molecule is O=C(NC1CCC(Nc2ccc3c(n2)CCCC3)CC1)c1cc(F)c(F)c(F)c1. The first kappa shape index (κ1) is 19.7. The Morgan fingerprint density at radius 2 is 1.59 bits per heavy atom. The number of amides is 1. The van der Waals surface area contributed by atoms with Crippen LogP contribution in [0.2, 0.25) is 0 Å². The highest BCUT2D eigenvalue weighted by molar-refractivity contribution is 5.94. The van der Waals surface area contributed by atoms with Crippen LogP contribution < -0.4 is 10.6 Å². The van der Waals surface area contributed by atoms with Crippen LogP contribution in [-0.2, 0) is 12.8 Å². The fourth-order valence-corrected chi connectivity index (χ4v) is 4.21. The minimum atomic E-state index is -1.57. The Hall–Kier alpha value is -2.57. The number of carbonyl (C=O) groups is 1. The van der Waals surface area contributed by atoms with Gasteiger partial charge in [0.1, 0.15) is 5.82 Å². The summed E-state index contributed by atoms with van der Waals surface area (Å²) in [7, 11) is 0. The number of nitrogens with zero attached hydrogens (tertiary/aromatic N) is 1. The first-order chi connectivity index (χ1) is 14.0. The van der Waals surface area contributed by atoms with Crippen LogP contribution in [0.25, 0.3) is 0 Å². The maximum Gasteiger partial charge on any atom is 0.251 e. The molecular weight excluding hydrogens is 379 g/mol. The Morgan fingerprint density at radius 3 is 2.31 bits per heavy atom. The van der Waals surface area contributed by atoms with Gasteiger partial charge in [-0.25, -0.2) is 18.2 Å². The van der Waals surface area contributed by atoms with Crippen LogP contribution in [0, 0.1) is 17.5 Å². The van der Waals surface area contributed by atoms with Crippen molar-refractivity contribution in [2.45, 2.75) is 63.5 Å². The third kappa shape index (κ3) is 4.54. The molecule has 1 heterocycles. The predicted molar refractivity (Wildman–Crippen MR) is 104 cm³/mol. The number of nitrogens with one attached hydrogen (secondary N) is 2. The number of anilines is 1. The molecule has 7 heteroatoms. The maximum atomic E-state index is 13.3. The molecule has 1 aromatic carbocycles. The van der Waals surface area contributed by atoms with Gasteiger partial charge in [-0.1, -0.05) is 6.07 Å². The highest BCUT2D eigenvalue weighted by Gasteiger charge is 2.24. The third-order valence-electron chi connectivity index (χ3n) is 5.84. The van der Waals surface area contributed by atoms with E-state index < -0.39 is 23.4 Å². The Morgan fingerprint density at radius 1 is 0.931 bits per heavy atom. The van der Waals surface area contributed by atoms with E-state index in [1.807, 2.05) is 6.07 Å². The molecule has 2 N–H and O–H groups in total. The lowest BCUT2D eigenvalue weighted by molar-refractivity contribution is 0.0925. The number of hydrogen-bond acceptors (Lipinski definition) is 3. The van der Waals surface area contributed by atoms with Crippen molar-refractivity contribution in [2.75, 3.05) is 5.32 Å². The summed E-state index contributed by atoms with van der Waals surface area (Å²) in [5, 5.41) is 6.29. The third-order valence-corrected chi connectivity index (χ3v) is 5.84. The van der Waals surface area contributed by atoms with Gasteiger partial charge in [-0.15, -0.1) is 0 Å². The van der Waals surface area contributed by atoms with Crippen molar-refractivity contribution in [3.63, 3.8) is 0 Å². The molecule has 0 saturated heterocycles. The molecule has 1 aromatic heterocycles. The summed E-state index contributed by atoms with van der Waals surface area (Å²) in [5.74, 6) is -3.98. The molecule has 2 aliphatic rings. The van der Waals surface area contributed by atoms with Crippen LogP contribution in [0.15, 0.2) is 24.3 Å². The fourth-order valence-electron chi connectivity index (χ4n) is 4.21. The molecular formula is C22H24F3N3O. The molecule has 4 nitrogen and oxygen atoms in total. The monoisotopic (exact) mass is 403 g/mol. The minimum Gasteiger partial charge on any atom is -0.367 e. The van der Waals surface area contributed by atoms with Gasteiger partial charge in [-0.05, 0) is 75.1 Å². The molecule has 0 radical (unpaired) electrons. The number of aryl methyl sites for hydroxylation is 2. The van der Waals surface area contributed by atoms with Crippen molar-refractivity contribution in [1.82, 2.24) is 10.3 Å². The zero-order valence-corrected chi connectivity index (χ0v) is 16.1. The fraction of sp³-hybridized carbons (Fsp3) is 0.455. The number of carbonyl (C=O) groups excluding carboxylic acids is 1. The minimum absolute atomic E-state index is 0.0757. The summed E-state index contributed by atoms with van der Waals surface area (Å²) in [5.41, 5.74) is 2.34. The second-order valence-corrected chi connectivity index (χ2v) is 7.93. The van der Waals surface area contributed by atoms with Crippen LogP contribution in [0.4, 0.5) is 19.0 Å². The number of pyridine rings is 1. The van der Waals surface area contributed by atoms with Crippen molar-refractivity contribution in [2.24, 2.45) is 0 Å². The first-order valence-corrected chi connectivity index (χ1v) is 10.2. The van der Waals surface area contributed by atoms with Crippen molar-refractivity contribution < 1.29 is 18.0 Å². The van der Waals surface area contributed by atoms with Crippen molar-refractivity contribution in [3.05, 3.63) is 58.5 Å². The second kappa shape index (κ2) is 8.43. The average molecular weight is 403 g/mol. The molecule has 0 unspecified atom stereocenters. The molecule has 0 bridgehead atoms. The largest absolute Gasteiger partial charge is 0.367 e. The highest BCUT2D eigenvalue weighted by Crippen LogP contribution is 2.25. The molecule has 0 spiro atoms. The molecule has 4 rings (SSSR count). The molecule has 2 aliphatic carbocycles. The van der Waals surface area contributed by atoms with Crippen LogP contribution in [0.3, 0.4) is 0 Å². The van der Waals surface area contributed by atoms with Gasteiger partial charge >= 0.3 is 0 Å². The van der Waals surface area contributed by atoms with E-state index in [2.05, 4.69) is 16.7 Å². The van der Waals surface area contributed by atoms with Crippen LogP contribution in [-0.4, -0.2) is 23.0 Å². The lowest BCUT2D eigenvalue weighted by Crippen LogP contribution is -2.40. The van der Waals surface area contributed by atoms with Crippen molar-refractivity contribution in [3.8, 4) is 0 Å². The Labute approximate surface area is 167 Å². The summed E-state index contributed by atoms with van der Waals surface area (Å²) >= 11 is 0. The van der Waals surface area contributed by atoms with E-state index in [9.17, 15) is 18.0 Å². The Balaban J connectivity index is 1.30. The summed E-state index contributed by atoms with van der Waals surface area (Å²) < 4.78 is 39.7. The average Bonchev–Trinajstić information content (AvgIpc) is 2.73. The number of fused-ring (bicyclic) bond motifs is 1. The maximum absolute atomic E-state index is 13.3. The van der Waals surface area contributed by atoms with E-state index in [0.717, 1.165) is 56.5 Å². The van der Waals surface area contributed by atoms with Gasteiger partial charge in [0.15, 0.2) is 17.5 Å².